The molecule has 2 unspecified atom stereocenters. The van der Waals surface area contributed by atoms with E-state index in [0.717, 1.165) is 17.6 Å². The van der Waals surface area contributed by atoms with E-state index in [2.05, 4.69) is 57.9 Å². The van der Waals surface area contributed by atoms with Crippen molar-refractivity contribution in [3.8, 4) is 0 Å². The number of aliphatic hydroxyl groups is 3. The Morgan fingerprint density at radius 2 is 1.79 bits per heavy atom. The first-order valence-corrected chi connectivity index (χ1v) is 12.7. The lowest BCUT2D eigenvalue weighted by Gasteiger charge is -2.44. The molecule has 3 fully saturated rings. The zero-order valence-electron chi connectivity index (χ0n) is 20.8. The molecule has 0 saturated heterocycles. The maximum atomic E-state index is 10.6. The van der Waals surface area contributed by atoms with E-state index in [9.17, 15) is 15.3 Å². The Morgan fingerprint density at radius 1 is 1.09 bits per heavy atom. The van der Waals surface area contributed by atoms with Gasteiger partial charge in [0.15, 0.2) is 0 Å². The highest BCUT2D eigenvalue weighted by molar-refractivity contribution is 5.38. The predicted molar refractivity (Wildman–Crippen MR) is 138 cm³/mol. The molecule has 0 aliphatic heterocycles. The van der Waals surface area contributed by atoms with Crippen molar-refractivity contribution >= 4 is 0 Å². The first-order chi connectivity index (χ1) is 15.6. The van der Waals surface area contributed by atoms with Crippen LogP contribution in [0.15, 0.2) is 72.9 Å². The second-order valence-corrected chi connectivity index (χ2v) is 11.0. The Balaban J connectivity index is 1.76. The topological polar surface area (TPSA) is 60.7 Å². The van der Waals surface area contributed by atoms with Crippen LogP contribution in [0.25, 0.3) is 0 Å². The SMILES string of the molecule is C=CC(O)(C=C)[C@@H](C)/C=C/[C@@H](C)[C@H]1CCC2C(=CC=C3C[C@@H](O)CC(O)C3=C)CCC[C@@]21C. The Bertz CT molecular complexity index is 839. The van der Waals surface area contributed by atoms with Crippen LogP contribution in [0.1, 0.15) is 65.7 Å². The first-order valence-electron chi connectivity index (χ1n) is 12.7. The van der Waals surface area contributed by atoms with Crippen LogP contribution in [0.4, 0.5) is 0 Å². The molecule has 3 aliphatic carbocycles. The van der Waals surface area contributed by atoms with Crippen LogP contribution >= 0.6 is 0 Å². The van der Waals surface area contributed by atoms with Crippen molar-refractivity contribution in [3.05, 3.63) is 72.9 Å². The minimum atomic E-state index is -1.07. The van der Waals surface area contributed by atoms with Gasteiger partial charge < -0.3 is 15.3 Å². The molecule has 0 aromatic heterocycles. The van der Waals surface area contributed by atoms with Crippen molar-refractivity contribution in [2.24, 2.45) is 29.1 Å². The van der Waals surface area contributed by atoms with E-state index >= 15 is 0 Å². The Kier molecular flexibility index (Phi) is 8.09. The van der Waals surface area contributed by atoms with Crippen molar-refractivity contribution in [2.75, 3.05) is 0 Å². The van der Waals surface area contributed by atoms with Gasteiger partial charge in [-0.2, -0.15) is 0 Å². The highest BCUT2D eigenvalue weighted by Gasteiger charge is 2.50. The summed E-state index contributed by atoms with van der Waals surface area (Å²) >= 11 is 0. The van der Waals surface area contributed by atoms with E-state index in [1.54, 1.807) is 12.2 Å². The smallest absolute Gasteiger partial charge is 0.106 e. The summed E-state index contributed by atoms with van der Waals surface area (Å²) in [6.07, 6.45) is 17.8. The minimum absolute atomic E-state index is 0.0670. The van der Waals surface area contributed by atoms with Crippen molar-refractivity contribution in [2.45, 2.75) is 83.5 Å². The number of rotatable bonds is 7. The molecule has 0 spiro atoms. The maximum Gasteiger partial charge on any atom is 0.106 e. The largest absolute Gasteiger partial charge is 0.393 e. The molecule has 182 valence electrons. The number of allylic oxidation sites excluding steroid dienone is 4. The van der Waals surface area contributed by atoms with Crippen molar-refractivity contribution in [1.82, 2.24) is 0 Å². The van der Waals surface area contributed by atoms with E-state index in [1.165, 1.54) is 31.3 Å². The molecule has 3 N–H and O–H groups in total. The Labute approximate surface area is 201 Å². The first kappa shape index (κ1) is 25.9. The van der Waals surface area contributed by atoms with E-state index in [1.807, 2.05) is 6.92 Å². The fraction of sp³-hybridized carbons (Fsp3) is 0.600. The Hall–Kier alpha value is -1.68. The third kappa shape index (κ3) is 5.21. The van der Waals surface area contributed by atoms with Gasteiger partial charge in [-0.05, 0) is 72.8 Å². The molecule has 0 aromatic rings. The maximum absolute atomic E-state index is 10.6. The lowest BCUT2D eigenvalue weighted by molar-refractivity contribution is 0.0862. The summed E-state index contributed by atoms with van der Waals surface area (Å²) < 4.78 is 0. The molecule has 0 radical (unpaired) electrons. The molecule has 3 aliphatic rings. The number of hydrogen-bond donors (Lipinski definition) is 3. The highest BCUT2D eigenvalue weighted by Crippen LogP contribution is 2.59. The van der Waals surface area contributed by atoms with Gasteiger partial charge in [-0.3, -0.25) is 0 Å². The number of aliphatic hydroxyl groups excluding tert-OH is 2. The number of fused-ring (bicyclic) bond motifs is 1. The molecular formula is C30H44O3. The fourth-order valence-electron chi connectivity index (χ4n) is 6.69. The normalized spacial score (nSPS) is 37.3. The molecule has 3 rings (SSSR count). The van der Waals surface area contributed by atoms with Crippen LogP contribution in [0.2, 0.25) is 0 Å². The van der Waals surface area contributed by atoms with Gasteiger partial charge in [-0.15, -0.1) is 0 Å². The third-order valence-corrected chi connectivity index (χ3v) is 9.02. The fourth-order valence-corrected chi connectivity index (χ4v) is 6.69. The average Bonchev–Trinajstić information content (AvgIpc) is 3.15. The lowest BCUT2D eigenvalue weighted by atomic mass is 9.61. The van der Waals surface area contributed by atoms with Crippen molar-refractivity contribution in [1.29, 1.82) is 0 Å². The minimum Gasteiger partial charge on any atom is -0.393 e. The second kappa shape index (κ2) is 10.3. The molecule has 3 saturated carbocycles. The monoisotopic (exact) mass is 452 g/mol. The van der Waals surface area contributed by atoms with Crippen LogP contribution < -0.4 is 0 Å². The van der Waals surface area contributed by atoms with Crippen LogP contribution in [0.5, 0.6) is 0 Å². The third-order valence-electron chi connectivity index (χ3n) is 9.02. The van der Waals surface area contributed by atoms with Crippen LogP contribution in [-0.4, -0.2) is 33.1 Å². The second-order valence-electron chi connectivity index (χ2n) is 11.0. The van der Waals surface area contributed by atoms with Gasteiger partial charge in [-0.1, -0.05) is 82.5 Å². The van der Waals surface area contributed by atoms with E-state index in [0.29, 0.717) is 30.6 Å². The summed E-state index contributed by atoms with van der Waals surface area (Å²) in [5, 5.41) is 30.9. The van der Waals surface area contributed by atoms with Gasteiger partial charge in [-0.25, -0.2) is 0 Å². The van der Waals surface area contributed by atoms with Gasteiger partial charge in [0.25, 0.3) is 0 Å². The summed E-state index contributed by atoms with van der Waals surface area (Å²) in [5.41, 5.74) is 2.45. The summed E-state index contributed by atoms with van der Waals surface area (Å²) in [6.45, 7) is 18.4. The van der Waals surface area contributed by atoms with Gasteiger partial charge in [0.1, 0.15) is 5.60 Å². The summed E-state index contributed by atoms with van der Waals surface area (Å²) in [6, 6.07) is 0. The standard InChI is InChI=1S/C30H44O3/c1-7-30(33,8-2)21(4)12-11-20(3)26-15-16-27-23(10-9-17-29(26,27)6)13-14-24-18-25(31)19-28(32)22(24)5/h7-8,11-14,20-21,25-28,31-33H,1-2,5,9-10,15-19H2,3-4,6H3/b12-11+,23-13?,24-14?/t20-,21+,25-,26-,27?,28?,29-/m1/s1. The summed E-state index contributed by atoms with van der Waals surface area (Å²) in [4.78, 5) is 0. The molecule has 3 heteroatoms. The van der Waals surface area contributed by atoms with Gasteiger partial charge in [0, 0.05) is 12.3 Å². The molecule has 0 heterocycles. The zero-order valence-corrected chi connectivity index (χ0v) is 20.8. The van der Waals surface area contributed by atoms with Crippen LogP contribution in [-0.2, 0) is 0 Å². The van der Waals surface area contributed by atoms with Gasteiger partial charge >= 0.3 is 0 Å². The molecule has 0 aromatic carbocycles. The highest BCUT2D eigenvalue weighted by atomic mass is 16.3. The van der Waals surface area contributed by atoms with Crippen LogP contribution in [0, 0.1) is 29.1 Å². The van der Waals surface area contributed by atoms with Crippen LogP contribution in [0.3, 0.4) is 0 Å². The van der Waals surface area contributed by atoms with E-state index < -0.39 is 17.8 Å². The summed E-state index contributed by atoms with van der Waals surface area (Å²) in [7, 11) is 0. The quantitative estimate of drug-likeness (QED) is 0.412. The average molecular weight is 453 g/mol. The zero-order chi connectivity index (χ0) is 24.4. The van der Waals surface area contributed by atoms with Crippen molar-refractivity contribution in [3.63, 3.8) is 0 Å². The van der Waals surface area contributed by atoms with Gasteiger partial charge in [0.2, 0.25) is 0 Å². The molecule has 33 heavy (non-hydrogen) atoms. The predicted octanol–water partition coefficient (Wildman–Crippen LogP) is 6.06. The van der Waals surface area contributed by atoms with E-state index in [-0.39, 0.29) is 11.3 Å². The molecule has 0 amide bonds. The molecular weight excluding hydrogens is 408 g/mol. The molecule has 3 nitrogen and oxygen atoms in total. The van der Waals surface area contributed by atoms with Gasteiger partial charge in [0.05, 0.1) is 12.2 Å². The van der Waals surface area contributed by atoms with E-state index in [4.69, 9.17) is 0 Å². The summed E-state index contributed by atoms with van der Waals surface area (Å²) in [5.74, 6) is 1.55. The Morgan fingerprint density at radius 3 is 2.45 bits per heavy atom. The lowest BCUT2D eigenvalue weighted by Crippen LogP contribution is -2.35. The molecule has 7 atom stereocenters. The molecule has 0 bridgehead atoms. The van der Waals surface area contributed by atoms with Crippen molar-refractivity contribution < 1.29 is 15.3 Å². The number of hydrogen-bond acceptors (Lipinski definition) is 3.